The largest absolute Gasteiger partial charge is 0.472 e. The van der Waals surface area contributed by atoms with Crippen LogP contribution in [0.1, 0.15) is 90.9 Å². The fourth-order valence-electron chi connectivity index (χ4n) is 3.55. The van der Waals surface area contributed by atoms with Crippen LogP contribution < -0.4 is 11.1 Å². The maximum absolute atomic E-state index is 12.5. The van der Waals surface area contributed by atoms with Crippen molar-refractivity contribution in [3.63, 3.8) is 0 Å². The molecule has 3 unspecified atom stereocenters. The van der Waals surface area contributed by atoms with E-state index in [-0.39, 0.29) is 25.5 Å². The van der Waals surface area contributed by atoms with Crippen molar-refractivity contribution in [1.82, 2.24) is 5.32 Å². The zero-order valence-corrected chi connectivity index (χ0v) is 26.1. The first-order valence-corrected chi connectivity index (χ1v) is 16.6. The molecule has 41 heavy (non-hydrogen) atoms. The molecule has 0 radical (unpaired) electrons. The van der Waals surface area contributed by atoms with Gasteiger partial charge in [0, 0.05) is 13.0 Å². The number of hydrogen-bond donors (Lipinski definition) is 4. The van der Waals surface area contributed by atoms with Crippen molar-refractivity contribution in [2.75, 3.05) is 19.8 Å². The fourth-order valence-corrected chi connectivity index (χ4v) is 4.31. The van der Waals surface area contributed by atoms with E-state index in [9.17, 15) is 19.4 Å². The van der Waals surface area contributed by atoms with Crippen LogP contribution in [0.5, 0.6) is 0 Å². The second-order valence-corrected chi connectivity index (χ2v) is 11.0. The predicted octanol–water partition coefficient (Wildman–Crippen LogP) is 6.98. The zero-order chi connectivity index (χ0) is 30.4. The molecule has 3 atom stereocenters. The minimum atomic E-state index is -4.35. The number of amides is 1. The standard InChI is InChI=1S/C32H55N2O6P/c1-3-5-7-9-11-12-13-14-15-16-17-18-20-22-24-26-32(36)34-30(29-40-41(37,38)39-28-27-33)31(35)25-23-21-19-10-8-6-4-2/h5,7,11-12,14-15,17-18,22-25,30-31,35H,3-4,6,8-10,13,16,19-21,26-29,33H2,1-2H3,(H,34,36)(H,37,38)/b7-5-,12-11-,15-14-,18-17-,24-22-,25-23+. The number of carbonyl (C=O) groups is 1. The number of phosphoric acid groups is 1. The number of nitrogens with one attached hydrogen (secondary N) is 1. The molecule has 5 N–H and O–H groups in total. The van der Waals surface area contributed by atoms with Crippen molar-refractivity contribution in [1.29, 1.82) is 0 Å². The van der Waals surface area contributed by atoms with Gasteiger partial charge in [0.05, 0.1) is 25.4 Å². The summed E-state index contributed by atoms with van der Waals surface area (Å²) in [6.45, 7) is 3.82. The number of phosphoric ester groups is 1. The Kier molecular flexibility index (Phi) is 26.7. The van der Waals surface area contributed by atoms with Gasteiger partial charge in [0.2, 0.25) is 5.91 Å². The average molecular weight is 595 g/mol. The highest BCUT2D eigenvalue weighted by Gasteiger charge is 2.26. The van der Waals surface area contributed by atoms with Crippen LogP contribution >= 0.6 is 7.82 Å². The maximum Gasteiger partial charge on any atom is 0.472 e. The van der Waals surface area contributed by atoms with Crippen LogP contribution in [-0.2, 0) is 18.4 Å². The first kappa shape index (κ1) is 38.9. The third-order valence-corrected chi connectivity index (χ3v) is 6.80. The number of aliphatic hydroxyl groups is 1. The molecule has 0 aliphatic heterocycles. The van der Waals surface area contributed by atoms with E-state index in [1.807, 2.05) is 18.2 Å². The van der Waals surface area contributed by atoms with Crippen LogP contribution in [0, 0.1) is 0 Å². The number of carbonyl (C=O) groups excluding carboxylic acids is 1. The highest BCUT2D eigenvalue weighted by atomic mass is 31.2. The van der Waals surface area contributed by atoms with Crippen molar-refractivity contribution in [2.24, 2.45) is 5.73 Å². The molecule has 0 fully saturated rings. The molecule has 0 saturated heterocycles. The Balaban J connectivity index is 4.60. The predicted molar refractivity (Wildman–Crippen MR) is 170 cm³/mol. The van der Waals surface area contributed by atoms with E-state index in [0.29, 0.717) is 6.42 Å². The summed E-state index contributed by atoms with van der Waals surface area (Å²) in [6, 6.07) is -0.913. The van der Waals surface area contributed by atoms with E-state index < -0.39 is 26.6 Å². The normalized spacial score (nSPS) is 15.7. The van der Waals surface area contributed by atoms with Crippen LogP contribution in [0.3, 0.4) is 0 Å². The number of nitrogens with two attached hydrogens (primary N) is 1. The Bertz CT molecular complexity index is 866. The minimum Gasteiger partial charge on any atom is -0.387 e. The van der Waals surface area contributed by atoms with Gasteiger partial charge >= 0.3 is 7.82 Å². The highest BCUT2D eigenvalue weighted by Crippen LogP contribution is 2.43. The van der Waals surface area contributed by atoms with Crippen molar-refractivity contribution in [3.8, 4) is 0 Å². The van der Waals surface area contributed by atoms with Crippen molar-refractivity contribution < 1.29 is 28.4 Å². The molecule has 0 aliphatic rings. The number of unbranched alkanes of at least 4 members (excludes halogenated alkanes) is 5. The summed E-state index contributed by atoms with van der Waals surface area (Å²) in [5, 5.41) is 13.3. The van der Waals surface area contributed by atoms with Crippen LogP contribution in [0.2, 0.25) is 0 Å². The number of aliphatic hydroxyl groups excluding tert-OH is 1. The monoisotopic (exact) mass is 594 g/mol. The van der Waals surface area contributed by atoms with Crippen LogP contribution in [-0.4, -0.2) is 47.8 Å². The minimum absolute atomic E-state index is 0.0605. The quantitative estimate of drug-likeness (QED) is 0.0483. The molecule has 0 saturated carbocycles. The molecular weight excluding hydrogens is 539 g/mol. The van der Waals surface area contributed by atoms with Crippen LogP contribution in [0.15, 0.2) is 72.9 Å². The first-order chi connectivity index (χ1) is 19.9. The highest BCUT2D eigenvalue weighted by molar-refractivity contribution is 7.47. The summed E-state index contributed by atoms with van der Waals surface area (Å²) in [5.74, 6) is -0.331. The second kappa shape index (κ2) is 28.1. The van der Waals surface area contributed by atoms with Crippen molar-refractivity contribution in [2.45, 2.75) is 103 Å². The second-order valence-electron chi connectivity index (χ2n) is 9.59. The van der Waals surface area contributed by atoms with Gasteiger partial charge in [0.15, 0.2) is 0 Å². The molecule has 1 amide bonds. The molecule has 0 bridgehead atoms. The Hall–Kier alpha value is -2.06. The van der Waals surface area contributed by atoms with E-state index in [1.165, 1.54) is 19.3 Å². The third kappa shape index (κ3) is 26.6. The summed E-state index contributed by atoms with van der Waals surface area (Å²) < 4.78 is 21.8. The van der Waals surface area contributed by atoms with Gasteiger partial charge in [-0.2, -0.15) is 0 Å². The molecule has 0 aromatic heterocycles. The molecule has 0 aromatic carbocycles. The molecule has 9 heteroatoms. The van der Waals surface area contributed by atoms with Gasteiger partial charge < -0.3 is 21.1 Å². The summed E-state index contributed by atoms with van der Waals surface area (Å²) in [4.78, 5) is 22.3. The molecular formula is C32H55N2O6P. The summed E-state index contributed by atoms with van der Waals surface area (Å²) in [6.07, 6.45) is 34.2. The molecule has 0 aromatic rings. The summed E-state index contributed by atoms with van der Waals surface area (Å²) in [5.41, 5.74) is 5.31. The fraction of sp³-hybridized carbons (Fsp3) is 0.594. The van der Waals surface area contributed by atoms with E-state index in [2.05, 4.69) is 61.7 Å². The van der Waals surface area contributed by atoms with Gasteiger partial charge in [-0.05, 0) is 44.9 Å². The van der Waals surface area contributed by atoms with Gasteiger partial charge in [0.25, 0.3) is 0 Å². The Morgan fingerprint density at radius 1 is 0.829 bits per heavy atom. The Morgan fingerprint density at radius 2 is 1.39 bits per heavy atom. The molecule has 0 heterocycles. The average Bonchev–Trinajstić information content (AvgIpc) is 2.95. The lowest BCUT2D eigenvalue weighted by molar-refractivity contribution is -0.122. The van der Waals surface area contributed by atoms with Crippen LogP contribution in [0.25, 0.3) is 0 Å². The van der Waals surface area contributed by atoms with Gasteiger partial charge in [-0.25, -0.2) is 4.57 Å². The zero-order valence-electron chi connectivity index (χ0n) is 25.2. The Labute approximate surface area is 248 Å². The lowest BCUT2D eigenvalue weighted by Gasteiger charge is -2.23. The number of rotatable bonds is 26. The third-order valence-electron chi connectivity index (χ3n) is 5.82. The van der Waals surface area contributed by atoms with Gasteiger partial charge in [-0.3, -0.25) is 13.8 Å². The van der Waals surface area contributed by atoms with E-state index in [0.717, 1.165) is 44.9 Å². The smallest absolute Gasteiger partial charge is 0.387 e. The van der Waals surface area contributed by atoms with E-state index in [1.54, 1.807) is 12.2 Å². The van der Waals surface area contributed by atoms with Gasteiger partial charge in [-0.15, -0.1) is 0 Å². The molecule has 0 aliphatic carbocycles. The number of allylic oxidation sites excluding steroid dienone is 10. The first-order valence-electron chi connectivity index (χ1n) is 15.1. The summed E-state index contributed by atoms with van der Waals surface area (Å²) >= 11 is 0. The summed E-state index contributed by atoms with van der Waals surface area (Å²) in [7, 11) is -4.35. The van der Waals surface area contributed by atoms with Crippen molar-refractivity contribution >= 4 is 13.7 Å². The lowest BCUT2D eigenvalue weighted by atomic mass is 10.1. The lowest BCUT2D eigenvalue weighted by Crippen LogP contribution is -2.45. The molecule has 234 valence electrons. The van der Waals surface area contributed by atoms with Crippen LogP contribution in [0.4, 0.5) is 0 Å². The molecule has 0 spiro atoms. The SMILES string of the molecule is CC/C=C\C/C=C\C/C=C\C/C=C\C/C=C\CC(=O)NC(COP(=O)(O)OCCN)C(O)/C=C/CCCCCCC. The molecule has 0 rings (SSSR count). The Morgan fingerprint density at radius 3 is 1.95 bits per heavy atom. The van der Waals surface area contributed by atoms with E-state index >= 15 is 0 Å². The topological polar surface area (TPSA) is 131 Å². The van der Waals surface area contributed by atoms with E-state index in [4.69, 9.17) is 14.8 Å². The maximum atomic E-state index is 12.5. The van der Waals surface area contributed by atoms with Gasteiger partial charge in [0.1, 0.15) is 0 Å². The van der Waals surface area contributed by atoms with Crippen molar-refractivity contribution in [3.05, 3.63) is 72.9 Å². The molecule has 8 nitrogen and oxygen atoms in total. The van der Waals surface area contributed by atoms with Gasteiger partial charge in [-0.1, -0.05) is 112 Å². The number of hydrogen-bond acceptors (Lipinski definition) is 6.